The van der Waals surface area contributed by atoms with Crippen molar-refractivity contribution < 1.29 is 0 Å². The lowest BCUT2D eigenvalue weighted by Crippen LogP contribution is -2.06. The molecule has 0 fully saturated rings. The third-order valence-corrected chi connectivity index (χ3v) is 3.65. The fraction of sp³-hybridized carbons (Fsp3) is 0.538. The number of hydrogen-bond donors (Lipinski definition) is 0. The molecular formula is C13H19Br. The van der Waals surface area contributed by atoms with E-state index in [4.69, 9.17) is 0 Å². The fourth-order valence-electron chi connectivity index (χ4n) is 1.50. The van der Waals surface area contributed by atoms with Gasteiger partial charge in [0.15, 0.2) is 0 Å². The van der Waals surface area contributed by atoms with Crippen LogP contribution in [-0.2, 0) is 6.42 Å². The van der Waals surface area contributed by atoms with Crippen LogP contribution < -0.4 is 0 Å². The maximum absolute atomic E-state index is 3.63. The molecule has 1 aromatic rings. The molecule has 1 heteroatoms. The summed E-state index contributed by atoms with van der Waals surface area (Å²) in [5.41, 5.74) is 1.46. The minimum atomic E-state index is 0.637. The Hall–Kier alpha value is -0.300. The van der Waals surface area contributed by atoms with Gasteiger partial charge in [-0.1, -0.05) is 60.1 Å². The van der Waals surface area contributed by atoms with Crippen molar-refractivity contribution in [3.63, 3.8) is 0 Å². The Morgan fingerprint density at radius 1 is 1.14 bits per heavy atom. The third-order valence-electron chi connectivity index (χ3n) is 2.75. The number of aryl methyl sites for hydroxylation is 1. The van der Waals surface area contributed by atoms with Gasteiger partial charge >= 0.3 is 0 Å². The van der Waals surface area contributed by atoms with Gasteiger partial charge in [0.05, 0.1) is 0 Å². The summed E-state index contributed by atoms with van der Waals surface area (Å²) in [5.74, 6) is 0.777. The number of rotatable bonds is 5. The van der Waals surface area contributed by atoms with Gasteiger partial charge in [-0.3, -0.25) is 0 Å². The van der Waals surface area contributed by atoms with Crippen molar-refractivity contribution in [2.24, 2.45) is 5.92 Å². The molecule has 0 saturated heterocycles. The first-order valence-corrected chi connectivity index (χ1v) is 6.29. The zero-order chi connectivity index (χ0) is 10.4. The van der Waals surface area contributed by atoms with Crippen LogP contribution in [0.4, 0.5) is 0 Å². The van der Waals surface area contributed by atoms with E-state index in [1.165, 1.54) is 24.8 Å². The Bertz CT molecular complexity index is 241. The molecule has 1 rings (SSSR count). The molecule has 0 amide bonds. The molecule has 0 nitrogen and oxygen atoms in total. The first-order chi connectivity index (χ1) is 6.70. The van der Waals surface area contributed by atoms with Crippen LogP contribution in [-0.4, -0.2) is 4.83 Å². The van der Waals surface area contributed by atoms with Gasteiger partial charge in [0.2, 0.25) is 0 Å². The van der Waals surface area contributed by atoms with Crippen LogP contribution in [0.2, 0.25) is 0 Å². The molecule has 1 aromatic carbocycles. The largest absolute Gasteiger partial charge is 0.0891 e. The maximum Gasteiger partial charge on any atom is 0.0143 e. The van der Waals surface area contributed by atoms with E-state index in [-0.39, 0.29) is 0 Å². The van der Waals surface area contributed by atoms with Gasteiger partial charge in [-0.2, -0.15) is 0 Å². The van der Waals surface area contributed by atoms with Crippen LogP contribution >= 0.6 is 15.9 Å². The zero-order valence-corrected chi connectivity index (χ0v) is 10.6. The molecule has 0 bridgehead atoms. The van der Waals surface area contributed by atoms with Gasteiger partial charge in [0, 0.05) is 4.83 Å². The molecule has 0 saturated carbocycles. The van der Waals surface area contributed by atoms with Crippen molar-refractivity contribution >= 4 is 15.9 Å². The minimum absolute atomic E-state index is 0.637. The quantitative estimate of drug-likeness (QED) is 0.683. The SMILES string of the molecule is CC(Br)C(C)CCCc1ccccc1. The first-order valence-electron chi connectivity index (χ1n) is 5.38. The van der Waals surface area contributed by atoms with Crippen molar-refractivity contribution in [3.05, 3.63) is 35.9 Å². The Morgan fingerprint density at radius 3 is 2.36 bits per heavy atom. The van der Waals surface area contributed by atoms with Gasteiger partial charge in [-0.25, -0.2) is 0 Å². The van der Waals surface area contributed by atoms with E-state index in [1.807, 2.05) is 0 Å². The Morgan fingerprint density at radius 2 is 1.79 bits per heavy atom. The Balaban J connectivity index is 2.22. The molecule has 0 aromatic heterocycles. The molecule has 2 atom stereocenters. The lowest BCUT2D eigenvalue weighted by Gasteiger charge is -2.13. The van der Waals surface area contributed by atoms with Crippen LogP contribution in [0.1, 0.15) is 32.3 Å². The maximum atomic E-state index is 3.63. The van der Waals surface area contributed by atoms with Crippen LogP contribution in [0.15, 0.2) is 30.3 Å². The lowest BCUT2D eigenvalue weighted by atomic mass is 9.99. The Labute approximate surface area is 95.9 Å². The molecule has 14 heavy (non-hydrogen) atoms. The second-order valence-corrected chi connectivity index (χ2v) is 5.48. The summed E-state index contributed by atoms with van der Waals surface area (Å²) < 4.78 is 0. The van der Waals surface area contributed by atoms with E-state index in [1.54, 1.807) is 0 Å². The smallest absolute Gasteiger partial charge is 0.0143 e. The molecule has 0 aliphatic rings. The second-order valence-electron chi connectivity index (χ2n) is 4.03. The van der Waals surface area contributed by atoms with E-state index < -0.39 is 0 Å². The summed E-state index contributed by atoms with van der Waals surface area (Å²) in [4.78, 5) is 0.637. The summed E-state index contributed by atoms with van der Waals surface area (Å²) >= 11 is 3.63. The molecule has 0 spiro atoms. The summed E-state index contributed by atoms with van der Waals surface area (Å²) in [7, 11) is 0. The summed E-state index contributed by atoms with van der Waals surface area (Å²) in [5, 5.41) is 0. The average molecular weight is 255 g/mol. The van der Waals surface area contributed by atoms with Crippen LogP contribution in [0.3, 0.4) is 0 Å². The van der Waals surface area contributed by atoms with Crippen molar-refractivity contribution in [3.8, 4) is 0 Å². The second kappa shape index (κ2) is 6.23. The summed E-state index contributed by atoms with van der Waals surface area (Å²) in [6.45, 7) is 4.54. The van der Waals surface area contributed by atoms with Gasteiger partial charge in [-0.05, 0) is 30.7 Å². The first kappa shape index (κ1) is 11.8. The van der Waals surface area contributed by atoms with Crippen LogP contribution in [0.25, 0.3) is 0 Å². The fourth-order valence-corrected chi connectivity index (χ4v) is 1.77. The van der Waals surface area contributed by atoms with Gasteiger partial charge in [0.1, 0.15) is 0 Å². The van der Waals surface area contributed by atoms with Crippen molar-refractivity contribution in [2.75, 3.05) is 0 Å². The summed E-state index contributed by atoms with van der Waals surface area (Å²) in [6, 6.07) is 10.7. The minimum Gasteiger partial charge on any atom is -0.0891 e. The lowest BCUT2D eigenvalue weighted by molar-refractivity contribution is 0.511. The predicted octanol–water partition coefficient (Wildman–Crippen LogP) is 4.43. The van der Waals surface area contributed by atoms with Crippen molar-refractivity contribution in [1.29, 1.82) is 0 Å². The molecule has 0 heterocycles. The van der Waals surface area contributed by atoms with E-state index in [9.17, 15) is 0 Å². The third kappa shape index (κ3) is 4.28. The van der Waals surface area contributed by atoms with E-state index in [0.717, 1.165) is 5.92 Å². The zero-order valence-electron chi connectivity index (χ0n) is 9.04. The Kier molecular flexibility index (Phi) is 5.24. The molecule has 0 aliphatic heterocycles. The van der Waals surface area contributed by atoms with E-state index >= 15 is 0 Å². The van der Waals surface area contributed by atoms with Crippen molar-refractivity contribution in [1.82, 2.24) is 0 Å². The van der Waals surface area contributed by atoms with Crippen LogP contribution in [0.5, 0.6) is 0 Å². The molecule has 0 aliphatic carbocycles. The van der Waals surface area contributed by atoms with Crippen molar-refractivity contribution in [2.45, 2.75) is 37.9 Å². The summed E-state index contributed by atoms with van der Waals surface area (Å²) in [6.07, 6.45) is 3.81. The normalized spacial score (nSPS) is 15.1. The standard InChI is InChI=1S/C13H19Br/c1-11(12(2)14)7-6-10-13-8-4-3-5-9-13/h3-5,8-9,11-12H,6-7,10H2,1-2H3. The van der Waals surface area contributed by atoms with E-state index in [0.29, 0.717) is 4.83 Å². The number of hydrogen-bond acceptors (Lipinski definition) is 0. The molecule has 0 N–H and O–H groups in total. The topological polar surface area (TPSA) is 0 Å². The molecular weight excluding hydrogens is 236 g/mol. The van der Waals surface area contributed by atoms with Gasteiger partial charge in [-0.15, -0.1) is 0 Å². The molecule has 2 unspecified atom stereocenters. The van der Waals surface area contributed by atoms with Crippen LogP contribution in [0, 0.1) is 5.92 Å². The highest BCUT2D eigenvalue weighted by atomic mass is 79.9. The monoisotopic (exact) mass is 254 g/mol. The number of halogens is 1. The van der Waals surface area contributed by atoms with Gasteiger partial charge < -0.3 is 0 Å². The predicted molar refractivity (Wildman–Crippen MR) is 66.9 cm³/mol. The highest BCUT2D eigenvalue weighted by Crippen LogP contribution is 2.18. The van der Waals surface area contributed by atoms with E-state index in [2.05, 4.69) is 60.1 Å². The molecule has 0 radical (unpaired) electrons. The van der Waals surface area contributed by atoms with Gasteiger partial charge in [0.25, 0.3) is 0 Å². The highest BCUT2D eigenvalue weighted by Gasteiger charge is 2.07. The number of alkyl halides is 1. The highest BCUT2D eigenvalue weighted by molar-refractivity contribution is 9.09. The average Bonchev–Trinajstić information content (AvgIpc) is 2.19. The number of benzene rings is 1. The molecule has 78 valence electrons.